The van der Waals surface area contributed by atoms with E-state index in [-0.39, 0.29) is 52.9 Å². The lowest BCUT2D eigenvalue weighted by Gasteiger charge is -2.67. The van der Waals surface area contributed by atoms with Crippen molar-refractivity contribution >= 4 is 11.9 Å². The van der Waals surface area contributed by atoms with E-state index in [0.29, 0.717) is 31.3 Å². The third kappa shape index (κ3) is 6.84. The molecule has 14 atom stereocenters. The summed E-state index contributed by atoms with van der Waals surface area (Å²) in [6.45, 7) is 21.9. The van der Waals surface area contributed by atoms with Crippen LogP contribution in [0.25, 0.3) is 0 Å². The van der Waals surface area contributed by atoms with Crippen molar-refractivity contribution in [3.05, 3.63) is 24.3 Å². The van der Waals surface area contributed by atoms with Crippen molar-refractivity contribution in [2.24, 2.45) is 39.9 Å². The van der Waals surface area contributed by atoms with Gasteiger partial charge in [0.2, 0.25) is 0 Å². The number of rotatable bonds is 13. The molecule has 0 bridgehead atoms. The Labute approximate surface area is 280 Å². The molecule has 47 heavy (non-hydrogen) atoms. The Morgan fingerprint density at radius 3 is 2.23 bits per heavy atom. The quantitative estimate of drug-likeness (QED) is 0.137. The zero-order chi connectivity index (χ0) is 35.3. The minimum atomic E-state index is -1.39. The Morgan fingerprint density at radius 1 is 1.02 bits per heavy atom. The Hall–Kier alpha value is -1.82. The molecule has 14 unspecified atom stereocenters. The molecule has 0 amide bonds. The fourth-order valence-electron chi connectivity index (χ4n) is 10.8. The molecule has 1 saturated heterocycles. The Bertz CT molecular complexity index is 1200. The molecule has 0 spiro atoms. The molecule has 3 saturated carbocycles. The number of fused-ring (bicyclic) bond motifs is 3. The van der Waals surface area contributed by atoms with E-state index in [9.17, 15) is 35.1 Å². The molecule has 268 valence electrons. The number of ether oxygens (including phenoxy) is 3. The minimum absolute atomic E-state index is 0.0662. The number of aliphatic carboxylic acids is 1. The van der Waals surface area contributed by atoms with Gasteiger partial charge in [-0.05, 0) is 112 Å². The highest BCUT2D eigenvalue weighted by Gasteiger charge is 2.70. The first kappa shape index (κ1) is 38.0. The number of hydrogen-bond acceptors (Lipinski definition) is 9. The van der Waals surface area contributed by atoms with Crippen molar-refractivity contribution in [3.63, 3.8) is 0 Å². The number of aliphatic hydroxyl groups is 4. The summed E-state index contributed by atoms with van der Waals surface area (Å²) in [6, 6.07) is 0. The molecule has 10 heteroatoms. The van der Waals surface area contributed by atoms with Crippen LogP contribution in [0.5, 0.6) is 0 Å². The molecular formula is C37H60O10. The van der Waals surface area contributed by atoms with E-state index in [2.05, 4.69) is 33.9 Å². The van der Waals surface area contributed by atoms with E-state index in [1.54, 1.807) is 6.92 Å². The van der Waals surface area contributed by atoms with Crippen molar-refractivity contribution in [2.45, 2.75) is 149 Å². The van der Waals surface area contributed by atoms with E-state index in [4.69, 9.17) is 14.2 Å². The van der Waals surface area contributed by atoms with Gasteiger partial charge in [-0.1, -0.05) is 45.1 Å². The van der Waals surface area contributed by atoms with Gasteiger partial charge >= 0.3 is 11.9 Å². The predicted molar refractivity (Wildman–Crippen MR) is 176 cm³/mol. The van der Waals surface area contributed by atoms with Gasteiger partial charge in [-0.3, -0.25) is 9.59 Å². The van der Waals surface area contributed by atoms with Crippen LogP contribution in [-0.4, -0.2) is 86.5 Å². The number of hydrogen-bond donors (Lipinski definition) is 5. The maximum atomic E-state index is 12.2. The molecule has 1 heterocycles. The lowest BCUT2D eigenvalue weighted by Crippen LogP contribution is -2.64. The van der Waals surface area contributed by atoms with Gasteiger partial charge in [0.25, 0.3) is 0 Å². The molecule has 0 aromatic heterocycles. The summed E-state index contributed by atoms with van der Waals surface area (Å²) in [6.07, 6.45) is -1.11. The first-order valence-electron chi connectivity index (χ1n) is 17.4. The van der Waals surface area contributed by atoms with Gasteiger partial charge < -0.3 is 39.7 Å². The van der Waals surface area contributed by atoms with Crippen LogP contribution in [0, 0.1) is 39.9 Å². The van der Waals surface area contributed by atoms with E-state index < -0.39 is 54.3 Å². The van der Waals surface area contributed by atoms with E-state index in [0.717, 1.165) is 31.3 Å². The molecule has 4 rings (SSSR count). The fraction of sp³-hybridized carbons (Fsp3) is 0.838. The van der Waals surface area contributed by atoms with Crippen molar-refractivity contribution in [3.8, 4) is 0 Å². The zero-order valence-electron chi connectivity index (χ0n) is 29.5. The summed E-state index contributed by atoms with van der Waals surface area (Å²) in [7, 11) is 0. The zero-order valence-corrected chi connectivity index (χ0v) is 29.5. The molecule has 1 aliphatic heterocycles. The summed E-state index contributed by atoms with van der Waals surface area (Å²) in [5, 5.41) is 54.4. The predicted octanol–water partition coefficient (Wildman–Crippen LogP) is 4.77. The second-order valence-corrected chi connectivity index (χ2v) is 16.4. The number of carboxylic acid groups (broad SMARTS) is 1. The largest absolute Gasteiger partial charge is 0.481 e. The third-order valence-corrected chi connectivity index (χ3v) is 13.5. The van der Waals surface area contributed by atoms with E-state index in [1.807, 2.05) is 13.8 Å². The Morgan fingerprint density at radius 2 is 1.66 bits per heavy atom. The number of allylic oxidation sites excluding steroid dienone is 1. The lowest BCUT2D eigenvalue weighted by atomic mass is 9.37. The van der Waals surface area contributed by atoms with Gasteiger partial charge in [-0.2, -0.15) is 0 Å². The maximum absolute atomic E-state index is 12.2. The van der Waals surface area contributed by atoms with Crippen LogP contribution in [0.1, 0.15) is 106 Å². The monoisotopic (exact) mass is 664 g/mol. The van der Waals surface area contributed by atoms with Gasteiger partial charge in [-0.15, -0.1) is 0 Å². The number of esters is 1. The summed E-state index contributed by atoms with van der Waals surface area (Å²) in [5.74, 6) is -1.47. The first-order valence-corrected chi connectivity index (χ1v) is 17.4. The van der Waals surface area contributed by atoms with Gasteiger partial charge in [0.1, 0.15) is 24.9 Å². The van der Waals surface area contributed by atoms with E-state index >= 15 is 0 Å². The smallest absolute Gasteiger partial charge is 0.303 e. The summed E-state index contributed by atoms with van der Waals surface area (Å²) >= 11 is 0. The highest BCUT2D eigenvalue weighted by molar-refractivity contribution is 5.66. The molecule has 4 fully saturated rings. The van der Waals surface area contributed by atoms with Crippen LogP contribution in [0.15, 0.2) is 24.3 Å². The molecule has 4 aliphatic rings. The molecule has 10 nitrogen and oxygen atoms in total. The Kier molecular flexibility index (Phi) is 11.2. The summed E-state index contributed by atoms with van der Waals surface area (Å²) in [5.41, 5.74) is -0.142. The van der Waals surface area contributed by atoms with Crippen molar-refractivity contribution in [1.29, 1.82) is 0 Å². The molecule has 5 N–H and O–H groups in total. The van der Waals surface area contributed by atoms with Gasteiger partial charge in [0.15, 0.2) is 6.29 Å². The first-order chi connectivity index (χ1) is 21.7. The number of carbonyl (C=O) groups is 2. The lowest BCUT2D eigenvalue weighted by molar-refractivity contribution is -0.262. The minimum Gasteiger partial charge on any atom is -0.481 e. The SMILES string of the molecule is C=C(C)C(O)CCC(C)(OC1OC(COC(C)=O)C(O)C1O)C1CCC2(C)C1C(O)CC1C(C)(CCC(=O)O)C(C(=C)C)CCC12C. The number of carboxylic acids is 1. The molecule has 0 aromatic carbocycles. The van der Waals surface area contributed by atoms with Crippen LogP contribution in [-0.2, 0) is 23.8 Å². The normalized spacial score (nSPS) is 43.3. The molecule has 3 aliphatic carbocycles. The average molecular weight is 665 g/mol. The summed E-state index contributed by atoms with van der Waals surface area (Å²) in [4.78, 5) is 23.2. The maximum Gasteiger partial charge on any atom is 0.303 e. The standard InChI is InChI=1S/C37H60O10/c1-20(2)23-10-15-35(7)28(34(23,6)14-13-29(41)42)18-26(40)30-24(11-16-36(30,35)8)37(9,17-12-25(39)21(3)4)47-33-32(44)31(43)27(46-33)19-45-22(5)38/h23-28,30-33,39-40,43-44H,1,3,10-19H2,2,4-9H3,(H,41,42). The summed E-state index contributed by atoms with van der Waals surface area (Å²) < 4.78 is 17.7. The number of carbonyl (C=O) groups excluding carboxylic acids is 1. The third-order valence-electron chi connectivity index (χ3n) is 13.5. The van der Waals surface area contributed by atoms with Crippen LogP contribution < -0.4 is 0 Å². The van der Waals surface area contributed by atoms with Crippen LogP contribution in [0.4, 0.5) is 0 Å². The number of aliphatic hydroxyl groups excluding tert-OH is 4. The van der Waals surface area contributed by atoms with Crippen LogP contribution in [0.2, 0.25) is 0 Å². The Balaban J connectivity index is 1.69. The second-order valence-electron chi connectivity index (χ2n) is 16.4. The molecule has 0 aromatic rings. The van der Waals surface area contributed by atoms with Crippen molar-refractivity contribution < 1.29 is 49.3 Å². The van der Waals surface area contributed by atoms with Gasteiger partial charge in [-0.25, -0.2) is 0 Å². The highest BCUT2D eigenvalue weighted by Crippen LogP contribution is 2.74. The average Bonchev–Trinajstić information content (AvgIpc) is 3.49. The van der Waals surface area contributed by atoms with Crippen LogP contribution >= 0.6 is 0 Å². The van der Waals surface area contributed by atoms with Crippen LogP contribution in [0.3, 0.4) is 0 Å². The fourth-order valence-corrected chi connectivity index (χ4v) is 10.8. The van der Waals surface area contributed by atoms with Crippen molar-refractivity contribution in [2.75, 3.05) is 6.61 Å². The molecular weight excluding hydrogens is 604 g/mol. The van der Waals surface area contributed by atoms with Crippen molar-refractivity contribution in [1.82, 2.24) is 0 Å². The van der Waals surface area contributed by atoms with Gasteiger partial charge in [0, 0.05) is 13.3 Å². The topological polar surface area (TPSA) is 163 Å². The highest BCUT2D eigenvalue weighted by atomic mass is 16.7. The molecule has 0 radical (unpaired) electrons. The van der Waals surface area contributed by atoms with Gasteiger partial charge in [0.05, 0.1) is 17.8 Å². The second kappa shape index (κ2) is 13.8. The van der Waals surface area contributed by atoms with E-state index in [1.165, 1.54) is 6.92 Å².